The van der Waals surface area contributed by atoms with Crippen LogP contribution in [0.2, 0.25) is 0 Å². The van der Waals surface area contributed by atoms with Crippen molar-refractivity contribution in [2.24, 2.45) is 11.3 Å². The molecule has 1 fully saturated rings. The van der Waals surface area contributed by atoms with Crippen molar-refractivity contribution in [1.82, 2.24) is 10.6 Å². The quantitative estimate of drug-likeness (QED) is 0.780. The highest BCUT2D eigenvalue weighted by molar-refractivity contribution is 5.68. The van der Waals surface area contributed by atoms with Crippen LogP contribution in [0.5, 0.6) is 0 Å². The molecule has 0 aromatic carbocycles. The molecule has 4 heteroatoms. The van der Waals surface area contributed by atoms with Crippen LogP contribution in [-0.2, 0) is 4.74 Å². The zero-order valence-corrected chi connectivity index (χ0v) is 11.9. The molecule has 0 bridgehead atoms. The minimum atomic E-state index is -0.440. The van der Waals surface area contributed by atoms with Crippen molar-refractivity contribution >= 4 is 6.09 Å². The first-order valence-corrected chi connectivity index (χ1v) is 6.30. The summed E-state index contributed by atoms with van der Waals surface area (Å²) in [5.74, 6) is 0.502. The molecule has 4 nitrogen and oxygen atoms in total. The first-order valence-electron chi connectivity index (χ1n) is 6.30. The van der Waals surface area contributed by atoms with E-state index in [4.69, 9.17) is 4.74 Å². The number of ether oxygens (including phenoxy) is 1. The SMILES string of the molecule is CC(C)(C)OC(=O)NC(C1CNC1)C(C)(C)C. The van der Waals surface area contributed by atoms with Gasteiger partial charge in [-0.3, -0.25) is 0 Å². The number of hydrogen-bond donors (Lipinski definition) is 2. The molecule has 1 saturated heterocycles. The third-order valence-corrected chi connectivity index (χ3v) is 2.89. The Morgan fingerprint density at radius 3 is 2.06 bits per heavy atom. The molecule has 0 aromatic rings. The minimum Gasteiger partial charge on any atom is -0.444 e. The van der Waals surface area contributed by atoms with E-state index < -0.39 is 5.60 Å². The van der Waals surface area contributed by atoms with Gasteiger partial charge in [0.05, 0.1) is 0 Å². The van der Waals surface area contributed by atoms with Crippen LogP contribution < -0.4 is 10.6 Å². The summed E-state index contributed by atoms with van der Waals surface area (Å²) in [6.45, 7) is 14.0. The maximum absolute atomic E-state index is 11.8. The van der Waals surface area contributed by atoms with Crippen molar-refractivity contribution in [2.75, 3.05) is 13.1 Å². The lowest BCUT2D eigenvalue weighted by atomic mass is 9.76. The van der Waals surface area contributed by atoms with Crippen LogP contribution in [-0.4, -0.2) is 30.8 Å². The summed E-state index contributed by atoms with van der Waals surface area (Å²) in [6.07, 6.45) is -0.315. The topological polar surface area (TPSA) is 50.4 Å². The van der Waals surface area contributed by atoms with E-state index in [0.717, 1.165) is 13.1 Å². The summed E-state index contributed by atoms with van der Waals surface area (Å²) in [5, 5.41) is 6.26. The van der Waals surface area contributed by atoms with Gasteiger partial charge in [0.25, 0.3) is 0 Å². The van der Waals surface area contributed by atoms with Gasteiger partial charge in [-0.25, -0.2) is 4.79 Å². The molecule has 1 aliphatic rings. The lowest BCUT2D eigenvalue weighted by molar-refractivity contribution is 0.0395. The van der Waals surface area contributed by atoms with Crippen LogP contribution in [0, 0.1) is 11.3 Å². The zero-order valence-electron chi connectivity index (χ0n) is 11.9. The second-order valence-electron chi connectivity index (χ2n) is 6.91. The normalized spacial score (nSPS) is 19.4. The van der Waals surface area contributed by atoms with E-state index in [1.54, 1.807) is 0 Å². The highest BCUT2D eigenvalue weighted by Gasteiger charge is 2.37. The van der Waals surface area contributed by atoms with Crippen molar-refractivity contribution in [3.8, 4) is 0 Å². The molecule has 1 rings (SSSR count). The van der Waals surface area contributed by atoms with Gasteiger partial charge in [-0.2, -0.15) is 0 Å². The van der Waals surface area contributed by atoms with Crippen molar-refractivity contribution < 1.29 is 9.53 Å². The fraction of sp³-hybridized carbons (Fsp3) is 0.923. The summed E-state index contributed by atoms with van der Waals surface area (Å²) in [7, 11) is 0. The Morgan fingerprint density at radius 1 is 1.24 bits per heavy atom. The predicted molar refractivity (Wildman–Crippen MR) is 69.0 cm³/mol. The van der Waals surface area contributed by atoms with Crippen molar-refractivity contribution in [1.29, 1.82) is 0 Å². The minimum absolute atomic E-state index is 0.0453. The molecule has 0 spiro atoms. The summed E-state index contributed by atoms with van der Waals surface area (Å²) in [6, 6.07) is 0.151. The lowest BCUT2D eigenvalue weighted by Gasteiger charge is -2.42. The Morgan fingerprint density at radius 2 is 1.76 bits per heavy atom. The van der Waals surface area contributed by atoms with E-state index in [0.29, 0.717) is 5.92 Å². The number of carbonyl (C=O) groups is 1. The third-order valence-electron chi connectivity index (χ3n) is 2.89. The summed E-state index contributed by atoms with van der Waals surface area (Å²) in [4.78, 5) is 11.8. The Kier molecular flexibility index (Phi) is 4.07. The van der Waals surface area contributed by atoms with Crippen LogP contribution in [0.4, 0.5) is 4.79 Å². The molecule has 2 N–H and O–H groups in total. The Balaban J connectivity index is 2.57. The van der Waals surface area contributed by atoms with Gasteiger partial charge in [0.2, 0.25) is 0 Å². The van der Waals surface area contributed by atoms with E-state index in [-0.39, 0.29) is 17.6 Å². The van der Waals surface area contributed by atoms with Gasteiger partial charge in [0, 0.05) is 25.0 Å². The molecule has 17 heavy (non-hydrogen) atoms. The molecule has 1 amide bonds. The largest absolute Gasteiger partial charge is 0.444 e. The molecule has 0 aromatic heterocycles. The van der Waals surface area contributed by atoms with Gasteiger partial charge in [-0.15, -0.1) is 0 Å². The number of rotatable bonds is 2. The van der Waals surface area contributed by atoms with Crippen molar-refractivity contribution in [2.45, 2.75) is 53.2 Å². The maximum Gasteiger partial charge on any atom is 0.407 e. The molecular weight excluding hydrogens is 216 g/mol. The smallest absolute Gasteiger partial charge is 0.407 e. The van der Waals surface area contributed by atoms with Crippen LogP contribution in [0.1, 0.15) is 41.5 Å². The van der Waals surface area contributed by atoms with Gasteiger partial charge in [0.15, 0.2) is 0 Å². The number of carbonyl (C=O) groups excluding carboxylic acids is 1. The van der Waals surface area contributed by atoms with Crippen molar-refractivity contribution in [3.05, 3.63) is 0 Å². The van der Waals surface area contributed by atoms with Gasteiger partial charge < -0.3 is 15.4 Å². The van der Waals surface area contributed by atoms with Gasteiger partial charge in [0.1, 0.15) is 5.60 Å². The number of alkyl carbamates (subject to hydrolysis) is 1. The molecule has 1 unspecified atom stereocenters. The summed E-state index contributed by atoms with van der Waals surface area (Å²) in [5.41, 5.74) is -0.395. The number of nitrogens with one attached hydrogen (secondary N) is 2. The standard InChI is InChI=1S/C13H26N2O2/c1-12(2,3)10(9-7-14-8-9)15-11(16)17-13(4,5)6/h9-10,14H,7-8H2,1-6H3,(H,15,16). The van der Waals surface area contributed by atoms with Crippen LogP contribution in [0.3, 0.4) is 0 Å². The van der Waals surface area contributed by atoms with E-state index in [9.17, 15) is 4.79 Å². The first kappa shape index (κ1) is 14.3. The summed E-state index contributed by atoms with van der Waals surface area (Å²) < 4.78 is 5.31. The van der Waals surface area contributed by atoms with E-state index in [1.807, 2.05) is 20.8 Å². The molecular formula is C13H26N2O2. The zero-order chi connectivity index (χ0) is 13.3. The maximum atomic E-state index is 11.8. The van der Waals surface area contributed by atoms with E-state index in [1.165, 1.54) is 0 Å². The Labute approximate surface area is 104 Å². The van der Waals surface area contributed by atoms with Gasteiger partial charge in [-0.1, -0.05) is 20.8 Å². The monoisotopic (exact) mass is 242 g/mol. The Hall–Kier alpha value is -0.770. The highest BCUT2D eigenvalue weighted by atomic mass is 16.6. The average Bonchev–Trinajstić information content (AvgIpc) is 1.93. The Bertz CT molecular complexity index is 272. The second-order valence-corrected chi connectivity index (χ2v) is 6.91. The molecule has 100 valence electrons. The fourth-order valence-corrected chi connectivity index (χ4v) is 2.02. The molecule has 1 aliphatic heterocycles. The van der Waals surface area contributed by atoms with Crippen LogP contribution in [0.15, 0.2) is 0 Å². The second kappa shape index (κ2) is 4.84. The lowest BCUT2D eigenvalue weighted by Crippen LogP contribution is -2.59. The van der Waals surface area contributed by atoms with E-state index >= 15 is 0 Å². The number of hydrogen-bond acceptors (Lipinski definition) is 3. The van der Waals surface area contributed by atoms with Crippen molar-refractivity contribution in [3.63, 3.8) is 0 Å². The van der Waals surface area contributed by atoms with Gasteiger partial charge in [-0.05, 0) is 26.2 Å². The molecule has 0 radical (unpaired) electrons. The predicted octanol–water partition coefficient (Wildman–Crippen LogP) is 2.15. The summed E-state index contributed by atoms with van der Waals surface area (Å²) >= 11 is 0. The fourth-order valence-electron chi connectivity index (χ4n) is 2.02. The first-order chi connectivity index (χ1) is 7.59. The van der Waals surface area contributed by atoms with Crippen LogP contribution >= 0.6 is 0 Å². The highest BCUT2D eigenvalue weighted by Crippen LogP contribution is 2.27. The molecule has 1 heterocycles. The molecule has 1 atom stereocenters. The average molecular weight is 242 g/mol. The van der Waals surface area contributed by atoms with Gasteiger partial charge >= 0.3 is 6.09 Å². The van der Waals surface area contributed by atoms with E-state index in [2.05, 4.69) is 31.4 Å². The van der Waals surface area contributed by atoms with Crippen LogP contribution in [0.25, 0.3) is 0 Å². The third kappa shape index (κ3) is 4.54. The molecule has 0 aliphatic carbocycles. The molecule has 0 saturated carbocycles. The number of amides is 1.